The molecule has 1 aliphatic heterocycles. The van der Waals surface area contributed by atoms with E-state index in [-0.39, 0.29) is 17.4 Å². The fraction of sp³-hybridized carbons (Fsp3) is 0.529. The number of rotatable bonds is 7. The molecule has 7 rings (SSSR count). The number of guanidine groups is 1. The Balaban J connectivity index is 1.22. The van der Waals surface area contributed by atoms with Crippen LogP contribution in [0.2, 0.25) is 0 Å². The Kier molecular flexibility index (Phi) is 8.35. The van der Waals surface area contributed by atoms with Crippen LogP contribution in [0.1, 0.15) is 52.0 Å². The number of methoxy groups -OCH3 is 1. The summed E-state index contributed by atoms with van der Waals surface area (Å²) in [6.45, 7) is 9.12. The van der Waals surface area contributed by atoms with Crippen LogP contribution in [-0.4, -0.2) is 59.5 Å². The van der Waals surface area contributed by atoms with Gasteiger partial charge < -0.3 is 19.8 Å². The van der Waals surface area contributed by atoms with E-state index in [1.807, 2.05) is 18.2 Å². The summed E-state index contributed by atoms with van der Waals surface area (Å²) in [6, 6.07) is 10.7. The molecule has 4 atom stereocenters. The van der Waals surface area contributed by atoms with E-state index in [0.29, 0.717) is 58.4 Å². The maximum atomic E-state index is 14.4. The van der Waals surface area contributed by atoms with Crippen molar-refractivity contribution in [2.75, 3.05) is 32.6 Å². The van der Waals surface area contributed by atoms with Crippen molar-refractivity contribution in [2.45, 2.75) is 65.5 Å². The van der Waals surface area contributed by atoms with Gasteiger partial charge in [0.2, 0.25) is 0 Å². The first-order chi connectivity index (χ1) is 21.2. The van der Waals surface area contributed by atoms with Crippen LogP contribution in [-0.2, 0) is 17.8 Å². The summed E-state index contributed by atoms with van der Waals surface area (Å²) in [7, 11) is 3.10. The van der Waals surface area contributed by atoms with Gasteiger partial charge in [0.25, 0.3) is 5.56 Å². The summed E-state index contributed by atoms with van der Waals surface area (Å²) in [4.78, 5) is 30.6. The van der Waals surface area contributed by atoms with Gasteiger partial charge in [0, 0.05) is 44.2 Å². The fourth-order valence-corrected chi connectivity index (χ4v) is 7.46. The largest absolute Gasteiger partial charge is 0.497 e. The molecule has 1 saturated heterocycles. The van der Waals surface area contributed by atoms with Gasteiger partial charge in [-0.15, -0.1) is 0 Å². The minimum atomic E-state index is -0.349. The molecule has 0 radical (unpaired) electrons. The number of hydrogen-bond donors (Lipinski definition) is 1. The monoisotopic (exact) mass is 602 g/mol. The Bertz CT molecular complexity index is 1640. The number of nitrogens with one attached hydrogen (secondary N) is 1. The van der Waals surface area contributed by atoms with Crippen molar-refractivity contribution in [2.24, 2.45) is 33.3 Å². The summed E-state index contributed by atoms with van der Waals surface area (Å²) in [5.41, 5.74) is 3.28. The molecule has 4 aliphatic rings. The average molecular weight is 603 g/mol. The zero-order chi connectivity index (χ0) is 31.0. The lowest BCUT2D eigenvalue weighted by atomic mass is 9.45. The Morgan fingerprint density at radius 2 is 1.93 bits per heavy atom. The first-order valence-corrected chi connectivity index (χ1v) is 15.7. The predicted molar refractivity (Wildman–Crippen MR) is 172 cm³/mol. The third-order valence-corrected chi connectivity index (χ3v) is 10.4. The third kappa shape index (κ3) is 5.78. The standard InChI is InChI=1S/C34H43FN6O3/c1-21-28-16-23(34(28,2)3)17-30(21)38-33(40-14-11-24(12-15-40)39-44-5)37-25-7-9-27-31(18-25)36-20-41(32(27)42)13-10-22-6-8-26(43-4)19-29(22)35/h6-9,18-21,23,28,30H,10-17H2,1-5H3,(H,37,38)/t21-,23-,28+,30-/m0/s1. The van der Waals surface area contributed by atoms with Crippen molar-refractivity contribution in [3.05, 3.63) is 64.5 Å². The molecule has 2 bridgehead atoms. The zero-order valence-electron chi connectivity index (χ0n) is 26.3. The molecule has 0 amide bonds. The van der Waals surface area contributed by atoms with E-state index in [4.69, 9.17) is 14.6 Å². The van der Waals surface area contributed by atoms with Gasteiger partial charge in [-0.25, -0.2) is 14.4 Å². The summed E-state index contributed by atoms with van der Waals surface area (Å²) in [5.74, 6) is 2.92. The predicted octanol–water partition coefficient (Wildman–Crippen LogP) is 5.72. The highest BCUT2D eigenvalue weighted by molar-refractivity contribution is 5.97. The molecule has 0 spiro atoms. The van der Waals surface area contributed by atoms with E-state index in [2.05, 4.69) is 41.1 Å². The number of oxime groups is 1. The molecule has 3 aromatic rings. The van der Waals surface area contributed by atoms with Crippen molar-refractivity contribution in [1.29, 1.82) is 0 Å². The number of piperidine rings is 1. The molecule has 9 nitrogen and oxygen atoms in total. The van der Waals surface area contributed by atoms with Gasteiger partial charge in [0.05, 0.1) is 36.1 Å². The second-order valence-corrected chi connectivity index (χ2v) is 13.1. The van der Waals surface area contributed by atoms with Gasteiger partial charge in [-0.05, 0) is 72.3 Å². The minimum absolute atomic E-state index is 0.150. The maximum absolute atomic E-state index is 14.4. The van der Waals surface area contributed by atoms with E-state index < -0.39 is 0 Å². The number of aliphatic imine (C=N–C) groups is 1. The SMILES string of the molecule is CON=C1CCN(C(=N[C@H]2C[C@@H]3C[C@H]([C@@H]2C)C3(C)C)Nc2ccc3c(=O)n(CCc4ccc(OC)cc4F)cnc3c2)CC1. The van der Waals surface area contributed by atoms with E-state index in [1.165, 1.54) is 24.2 Å². The Hall–Kier alpha value is -3.95. The maximum Gasteiger partial charge on any atom is 0.261 e. The van der Waals surface area contributed by atoms with E-state index in [0.717, 1.165) is 49.7 Å². The Morgan fingerprint density at radius 3 is 2.61 bits per heavy atom. The topological polar surface area (TPSA) is 93.3 Å². The number of hydrogen-bond acceptors (Lipinski definition) is 6. The minimum Gasteiger partial charge on any atom is -0.497 e. The molecule has 1 aromatic heterocycles. The number of aryl methyl sites for hydroxylation is 2. The van der Waals surface area contributed by atoms with Crippen LogP contribution in [0, 0.1) is 29.0 Å². The highest BCUT2D eigenvalue weighted by Crippen LogP contribution is 2.61. The van der Waals surface area contributed by atoms with Crippen LogP contribution in [0.15, 0.2) is 57.7 Å². The lowest BCUT2D eigenvalue weighted by Crippen LogP contribution is -2.56. The van der Waals surface area contributed by atoms with Gasteiger partial charge >= 0.3 is 0 Å². The number of benzene rings is 2. The van der Waals surface area contributed by atoms with Crippen molar-refractivity contribution < 1.29 is 14.0 Å². The molecular formula is C34H43FN6O3. The molecular weight excluding hydrogens is 559 g/mol. The zero-order valence-corrected chi connectivity index (χ0v) is 26.3. The summed E-state index contributed by atoms with van der Waals surface area (Å²) in [5, 5.41) is 8.31. The number of fused-ring (bicyclic) bond motifs is 3. The number of anilines is 1. The van der Waals surface area contributed by atoms with Crippen molar-refractivity contribution in [1.82, 2.24) is 14.5 Å². The first kappa shape index (κ1) is 30.1. The fourth-order valence-electron chi connectivity index (χ4n) is 7.46. The smallest absolute Gasteiger partial charge is 0.261 e. The molecule has 2 heterocycles. The van der Waals surface area contributed by atoms with Gasteiger partial charge in [-0.2, -0.15) is 0 Å². The number of ether oxygens (including phenoxy) is 1. The van der Waals surface area contributed by atoms with Crippen molar-refractivity contribution in [3.63, 3.8) is 0 Å². The lowest BCUT2D eigenvalue weighted by molar-refractivity contribution is -0.108. The summed E-state index contributed by atoms with van der Waals surface area (Å²) >= 11 is 0. The highest BCUT2D eigenvalue weighted by Gasteiger charge is 2.56. The van der Waals surface area contributed by atoms with Crippen LogP contribution in [0.3, 0.4) is 0 Å². The third-order valence-electron chi connectivity index (χ3n) is 10.4. The summed E-state index contributed by atoms with van der Waals surface area (Å²) in [6.07, 6.45) is 5.99. The molecule has 10 heteroatoms. The van der Waals surface area contributed by atoms with Crippen LogP contribution in [0.4, 0.5) is 10.1 Å². The molecule has 44 heavy (non-hydrogen) atoms. The molecule has 4 fully saturated rings. The molecule has 0 unspecified atom stereocenters. The van der Waals surface area contributed by atoms with E-state index in [9.17, 15) is 9.18 Å². The second-order valence-electron chi connectivity index (χ2n) is 13.1. The molecule has 3 aliphatic carbocycles. The summed E-state index contributed by atoms with van der Waals surface area (Å²) < 4.78 is 21.1. The Morgan fingerprint density at radius 1 is 1.14 bits per heavy atom. The molecule has 234 valence electrons. The van der Waals surface area contributed by atoms with E-state index >= 15 is 0 Å². The first-order valence-electron chi connectivity index (χ1n) is 15.7. The van der Waals surface area contributed by atoms with Crippen molar-refractivity contribution in [3.8, 4) is 5.75 Å². The lowest BCUT2D eigenvalue weighted by Gasteiger charge is -2.61. The van der Waals surface area contributed by atoms with Gasteiger partial charge in [0.15, 0.2) is 5.96 Å². The molecule has 1 N–H and O–H groups in total. The Labute approximate surface area is 258 Å². The number of likely N-dealkylation sites (tertiary alicyclic amines) is 1. The van der Waals surface area contributed by atoms with Crippen LogP contribution < -0.4 is 15.6 Å². The highest BCUT2D eigenvalue weighted by atomic mass is 19.1. The number of nitrogens with zero attached hydrogens (tertiary/aromatic N) is 5. The quantitative estimate of drug-likeness (QED) is 0.211. The second kappa shape index (κ2) is 12.2. The average Bonchev–Trinajstić information content (AvgIpc) is 3.02. The number of halogens is 1. The van der Waals surface area contributed by atoms with Crippen LogP contribution in [0.25, 0.3) is 10.9 Å². The van der Waals surface area contributed by atoms with E-state index in [1.54, 1.807) is 25.6 Å². The van der Waals surface area contributed by atoms with Crippen molar-refractivity contribution >= 4 is 28.3 Å². The van der Waals surface area contributed by atoms with Crippen LogP contribution in [0.5, 0.6) is 5.75 Å². The normalized spacial score (nSPS) is 24.5. The van der Waals surface area contributed by atoms with Gasteiger partial charge in [-0.1, -0.05) is 32.0 Å². The van der Waals surface area contributed by atoms with Gasteiger partial charge in [-0.3, -0.25) is 9.36 Å². The molecule has 2 aromatic carbocycles. The number of aromatic nitrogens is 2. The molecule has 3 saturated carbocycles. The van der Waals surface area contributed by atoms with Gasteiger partial charge in [0.1, 0.15) is 18.7 Å². The van der Waals surface area contributed by atoms with Crippen LogP contribution >= 0.6 is 0 Å².